The predicted octanol–water partition coefficient (Wildman–Crippen LogP) is 6.57. The summed E-state index contributed by atoms with van der Waals surface area (Å²) in [6, 6.07) is 29.1. The topological polar surface area (TPSA) is 50.8 Å². The summed E-state index contributed by atoms with van der Waals surface area (Å²) in [7, 11) is 1.42. The van der Waals surface area contributed by atoms with E-state index < -0.39 is 5.60 Å². The molecule has 0 aromatic heterocycles. The zero-order chi connectivity index (χ0) is 25.3. The summed E-state index contributed by atoms with van der Waals surface area (Å²) in [6.45, 7) is 7.53. The van der Waals surface area contributed by atoms with E-state index in [1.807, 2.05) is 37.3 Å². The number of benzene rings is 4. The number of hydrogen-bond acceptors (Lipinski definition) is 5. The van der Waals surface area contributed by atoms with Crippen LogP contribution >= 0.6 is 0 Å². The van der Waals surface area contributed by atoms with Gasteiger partial charge in [0, 0.05) is 18.3 Å². The molecule has 0 radical (unpaired) electrons. The molecule has 5 rings (SSSR count). The van der Waals surface area contributed by atoms with Gasteiger partial charge in [0.05, 0.1) is 24.9 Å². The van der Waals surface area contributed by atoms with Crippen LogP contribution in [0.2, 0.25) is 0 Å². The second-order valence-corrected chi connectivity index (χ2v) is 9.77. The van der Waals surface area contributed by atoms with Crippen LogP contribution in [0.3, 0.4) is 0 Å². The van der Waals surface area contributed by atoms with E-state index in [2.05, 4.69) is 78.7 Å². The zero-order valence-electron chi connectivity index (χ0n) is 21.2. The van der Waals surface area contributed by atoms with Crippen LogP contribution in [0.25, 0.3) is 10.8 Å². The predicted molar refractivity (Wildman–Crippen MR) is 145 cm³/mol. The first-order valence-corrected chi connectivity index (χ1v) is 12.3. The second kappa shape index (κ2) is 9.67. The quantitative estimate of drug-likeness (QED) is 0.316. The number of rotatable bonds is 6. The largest absolute Gasteiger partial charge is 0.482 e. The average Bonchev–Trinajstić information content (AvgIpc) is 2.91. The smallest absolute Gasteiger partial charge is 0.338 e. The number of carbonyl (C=O) groups is 1. The number of fused-ring (bicyclic) bond motifs is 2. The van der Waals surface area contributed by atoms with E-state index in [9.17, 15) is 4.79 Å². The van der Waals surface area contributed by atoms with Gasteiger partial charge in [-0.05, 0) is 66.9 Å². The standard InChI is InChI=1S/C31H32N2O3/c1-21-16-17-24(18-27(21)30(34)35-4)33-20-31(3,36-29-15-8-7-14-28(29)33)19-32-22(2)25-13-9-11-23-10-5-6-12-26(23)25/h5-18,22,32H,19-20H2,1-4H3. The Morgan fingerprint density at radius 3 is 2.64 bits per heavy atom. The number of hydrogen-bond donors (Lipinski definition) is 1. The molecule has 0 fully saturated rings. The molecule has 0 saturated carbocycles. The monoisotopic (exact) mass is 480 g/mol. The highest BCUT2D eigenvalue weighted by atomic mass is 16.5. The van der Waals surface area contributed by atoms with Crippen molar-refractivity contribution in [3.8, 4) is 5.75 Å². The molecule has 0 saturated heterocycles. The van der Waals surface area contributed by atoms with Crippen molar-refractivity contribution >= 4 is 28.1 Å². The van der Waals surface area contributed by atoms with Crippen LogP contribution in [0.1, 0.15) is 41.4 Å². The minimum atomic E-state index is -0.497. The van der Waals surface area contributed by atoms with Crippen molar-refractivity contribution in [3.63, 3.8) is 0 Å². The van der Waals surface area contributed by atoms with Crippen molar-refractivity contribution in [2.45, 2.75) is 32.4 Å². The highest BCUT2D eigenvalue weighted by Gasteiger charge is 2.37. The fourth-order valence-electron chi connectivity index (χ4n) is 5.02. The first kappa shape index (κ1) is 23.9. The van der Waals surface area contributed by atoms with Crippen molar-refractivity contribution in [1.29, 1.82) is 0 Å². The lowest BCUT2D eigenvalue weighted by atomic mass is 9.97. The minimum absolute atomic E-state index is 0.146. The Hall–Kier alpha value is -3.83. The third kappa shape index (κ3) is 4.54. The van der Waals surface area contributed by atoms with Crippen molar-refractivity contribution < 1.29 is 14.3 Å². The molecule has 2 atom stereocenters. The number of esters is 1. The van der Waals surface area contributed by atoms with E-state index in [-0.39, 0.29) is 12.0 Å². The van der Waals surface area contributed by atoms with Gasteiger partial charge in [-0.2, -0.15) is 0 Å². The van der Waals surface area contributed by atoms with Crippen LogP contribution in [0.5, 0.6) is 5.75 Å². The van der Waals surface area contributed by atoms with E-state index in [1.165, 1.54) is 23.4 Å². The van der Waals surface area contributed by atoms with Gasteiger partial charge in [-0.25, -0.2) is 4.79 Å². The van der Waals surface area contributed by atoms with Crippen molar-refractivity contribution in [3.05, 3.63) is 102 Å². The summed E-state index contributed by atoms with van der Waals surface area (Å²) in [5.41, 5.74) is 4.15. The van der Waals surface area contributed by atoms with Crippen LogP contribution < -0.4 is 15.0 Å². The summed E-state index contributed by atoms with van der Waals surface area (Å²) in [4.78, 5) is 14.6. The van der Waals surface area contributed by atoms with Crippen LogP contribution in [0.15, 0.2) is 84.9 Å². The maximum absolute atomic E-state index is 12.4. The van der Waals surface area contributed by atoms with Crippen molar-refractivity contribution in [2.24, 2.45) is 0 Å². The number of aryl methyl sites for hydroxylation is 1. The van der Waals surface area contributed by atoms with Gasteiger partial charge in [0.25, 0.3) is 0 Å². The number of ether oxygens (including phenoxy) is 2. The molecule has 36 heavy (non-hydrogen) atoms. The number of para-hydroxylation sites is 2. The van der Waals surface area contributed by atoms with E-state index >= 15 is 0 Å². The molecular formula is C31H32N2O3. The molecular weight excluding hydrogens is 448 g/mol. The third-order valence-electron chi connectivity index (χ3n) is 7.02. The van der Waals surface area contributed by atoms with Crippen LogP contribution in [-0.2, 0) is 4.74 Å². The highest BCUT2D eigenvalue weighted by Crippen LogP contribution is 2.41. The molecule has 1 heterocycles. The Bertz CT molecular complexity index is 1410. The molecule has 0 bridgehead atoms. The molecule has 2 unspecified atom stereocenters. The van der Waals surface area contributed by atoms with Gasteiger partial charge in [-0.1, -0.05) is 60.7 Å². The number of methoxy groups -OCH3 is 1. The number of anilines is 2. The van der Waals surface area contributed by atoms with Gasteiger partial charge in [0.2, 0.25) is 0 Å². The zero-order valence-corrected chi connectivity index (χ0v) is 21.2. The van der Waals surface area contributed by atoms with Crippen LogP contribution in [0.4, 0.5) is 11.4 Å². The summed E-state index contributed by atoms with van der Waals surface area (Å²) in [5, 5.41) is 6.23. The van der Waals surface area contributed by atoms with Crippen molar-refractivity contribution in [2.75, 3.05) is 25.1 Å². The highest BCUT2D eigenvalue weighted by molar-refractivity contribution is 5.92. The minimum Gasteiger partial charge on any atom is -0.482 e. The summed E-state index contributed by atoms with van der Waals surface area (Å²) < 4.78 is 11.6. The van der Waals surface area contributed by atoms with Gasteiger partial charge >= 0.3 is 5.97 Å². The van der Waals surface area contributed by atoms with E-state index in [1.54, 1.807) is 0 Å². The second-order valence-electron chi connectivity index (χ2n) is 9.77. The summed E-state index contributed by atoms with van der Waals surface area (Å²) in [6.07, 6.45) is 0. The van der Waals surface area contributed by atoms with Gasteiger partial charge in [-0.15, -0.1) is 0 Å². The van der Waals surface area contributed by atoms with Crippen LogP contribution in [0, 0.1) is 6.92 Å². The van der Waals surface area contributed by atoms with Gasteiger partial charge in [0.1, 0.15) is 11.4 Å². The normalized spacial score (nSPS) is 17.8. The van der Waals surface area contributed by atoms with E-state index in [0.717, 1.165) is 22.7 Å². The van der Waals surface area contributed by atoms with Gasteiger partial charge < -0.3 is 19.7 Å². The van der Waals surface area contributed by atoms with E-state index in [4.69, 9.17) is 9.47 Å². The van der Waals surface area contributed by atoms with Crippen molar-refractivity contribution in [1.82, 2.24) is 5.32 Å². The molecule has 184 valence electrons. The first-order valence-electron chi connectivity index (χ1n) is 12.3. The fraction of sp³-hybridized carbons (Fsp3) is 0.258. The molecule has 1 aliphatic rings. The van der Waals surface area contributed by atoms with Crippen LogP contribution in [-0.4, -0.2) is 31.8 Å². The average molecular weight is 481 g/mol. The lowest BCUT2D eigenvalue weighted by molar-refractivity contribution is 0.0600. The molecule has 0 amide bonds. The fourth-order valence-corrected chi connectivity index (χ4v) is 5.02. The molecule has 0 spiro atoms. The SMILES string of the molecule is COC(=O)c1cc(N2CC(C)(CNC(C)c3cccc4ccccc34)Oc3ccccc32)ccc1C. The Morgan fingerprint density at radius 1 is 1.06 bits per heavy atom. The maximum Gasteiger partial charge on any atom is 0.338 e. The number of carbonyl (C=O) groups excluding carboxylic acids is 1. The van der Waals surface area contributed by atoms with Gasteiger partial charge in [0.15, 0.2) is 0 Å². The van der Waals surface area contributed by atoms with E-state index in [0.29, 0.717) is 18.7 Å². The molecule has 5 nitrogen and oxygen atoms in total. The summed E-state index contributed by atoms with van der Waals surface area (Å²) in [5.74, 6) is 0.496. The molecule has 1 aliphatic heterocycles. The van der Waals surface area contributed by atoms with Gasteiger partial charge in [-0.3, -0.25) is 0 Å². The summed E-state index contributed by atoms with van der Waals surface area (Å²) >= 11 is 0. The Labute approximate surface area is 212 Å². The molecule has 0 aliphatic carbocycles. The lowest BCUT2D eigenvalue weighted by Gasteiger charge is -2.43. The molecule has 5 heteroatoms. The number of nitrogens with one attached hydrogen (secondary N) is 1. The first-order chi connectivity index (χ1) is 17.4. The Morgan fingerprint density at radius 2 is 1.81 bits per heavy atom. The lowest BCUT2D eigenvalue weighted by Crippen LogP contribution is -2.53. The Balaban J connectivity index is 1.43. The molecule has 4 aromatic rings. The molecule has 1 N–H and O–H groups in total. The third-order valence-corrected chi connectivity index (χ3v) is 7.02. The number of nitrogens with zero attached hydrogens (tertiary/aromatic N) is 1. The molecule has 4 aromatic carbocycles. The Kier molecular flexibility index (Phi) is 6.42. The maximum atomic E-state index is 12.4.